The molecule has 3 N–H and O–H groups in total. The standard InChI is InChI=1S/C21H28N2O4/c1-17-2-3-19(14-22-17)5-4-18-6-8-20(9-7-18)23(10-12-24)11-13-27-16-21(26)15-25/h2-9,14,21,24-26H,10-13,15-16H2,1H3/b5-4+. The predicted molar refractivity (Wildman–Crippen MR) is 108 cm³/mol. The number of aliphatic hydroxyl groups is 3. The SMILES string of the molecule is Cc1ccc(/C=C/c2ccc(N(CCO)CCOCC(O)CO)cc2)cn1. The van der Waals surface area contributed by atoms with Crippen molar-refractivity contribution in [3.05, 3.63) is 59.4 Å². The molecule has 1 atom stereocenters. The molecule has 0 spiro atoms. The van der Waals surface area contributed by atoms with Crippen LogP contribution in [0.2, 0.25) is 0 Å². The summed E-state index contributed by atoms with van der Waals surface area (Å²) in [7, 11) is 0. The fraction of sp³-hybridized carbons (Fsp3) is 0.381. The number of hydrogen-bond donors (Lipinski definition) is 3. The highest BCUT2D eigenvalue weighted by Crippen LogP contribution is 2.17. The first-order valence-electron chi connectivity index (χ1n) is 9.05. The number of aromatic nitrogens is 1. The summed E-state index contributed by atoms with van der Waals surface area (Å²) in [6, 6.07) is 12.1. The number of rotatable bonds is 11. The maximum absolute atomic E-state index is 9.29. The maximum atomic E-state index is 9.29. The van der Waals surface area contributed by atoms with Crippen molar-refractivity contribution in [1.82, 2.24) is 4.98 Å². The largest absolute Gasteiger partial charge is 0.395 e. The van der Waals surface area contributed by atoms with Gasteiger partial charge in [-0.25, -0.2) is 0 Å². The second-order valence-corrected chi connectivity index (χ2v) is 6.28. The van der Waals surface area contributed by atoms with Gasteiger partial charge in [0.1, 0.15) is 6.10 Å². The molecule has 1 unspecified atom stereocenters. The Labute approximate surface area is 160 Å². The topological polar surface area (TPSA) is 86.1 Å². The lowest BCUT2D eigenvalue weighted by Gasteiger charge is -2.24. The molecule has 1 aromatic heterocycles. The summed E-state index contributed by atoms with van der Waals surface area (Å²) < 4.78 is 5.35. The van der Waals surface area contributed by atoms with Crippen molar-refractivity contribution in [3.8, 4) is 0 Å². The lowest BCUT2D eigenvalue weighted by atomic mass is 10.1. The normalized spacial score (nSPS) is 12.4. The van der Waals surface area contributed by atoms with Crippen molar-refractivity contribution in [2.24, 2.45) is 0 Å². The molecular formula is C21H28N2O4. The number of benzene rings is 1. The minimum Gasteiger partial charge on any atom is -0.395 e. The van der Waals surface area contributed by atoms with E-state index in [2.05, 4.69) is 4.98 Å². The number of pyridine rings is 1. The van der Waals surface area contributed by atoms with E-state index in [0.717, 1.165) is 22.5 Å². The Balaban J connectivity index is 1.92. The lowest BCUT2D eigenvalue weighted by Crippen LogP contribution is -2.31. The average Bonchev–Trinajstić information content (AvgIpc) is 2.70. The molecule has 0 aliphatic heterocycles. The van der Waals surface area contributed by atoms with Crippen LogP contribution in [0.3, 0.4) is 0 Å². The van der Waals surface area contributed by atoms with Gasteiger partial charge in [0.15, 0.2) is 0 Å². The van der Waals surface area contributed by atoms with Crippen LogP contribution in [-0.2, 0) is 4.74 Å². The third-order valence-electron chi connectivity index (χ3n) is 4.06. The molecule has 2 rings (SSSR count). The van der Waals surface area contributed by atoms with Crippen LogP contribution in [-0.4, -0.2) is 65.9 Å². The lowest BCUT2D eigenvalue weighted by molar-refractivity contribution is 0.00832. The molecule has 0 amide bonds. The van der Waals surface area contributed by atoms with E-state index in [1.54, 1.807) is 0 Å². The highest BCUT2D eigenvalue weighted by atomic mass is 16.5. The van der Waals surface area contributed by atoms with Crippen molar-refractivity contribution in [2.45, 2.75) is 13.0 Å². The molecule has 0 radical (unpaired) electrons. The molecule has 0 saturated heterocycles. The summed E-state index contributed by atoms with van der Waals surface area (Å²) in [4.78, 5) is 6.29. The van der Waals surface area contributed by atoms with E-state index in [9.17, 15) is 10.2 Å². The first-order valence-corrected chi connectivity index (χ1v) is 9.05. The molecule has 0 aliphatic carbocycles. The van der Waals surface area contributed by atoms with Crippen molar-refractivity contribution in [3.63, 3.8) is 0 Å². The summed E-state index contributed by atoms with van der Waals surface area (Å²) in [6.45, 7) is 3.28. The minimum atomic E-state index is -0.855. The number of ether oxygens (including phenoxy) is 1. The number of nitrogens with zero attached hydrogens (tertiary/aromatic N) is 2. The van der Waals surface area contributed by atoms with Gasteiger partial charge in [0.2, 0.25) is 0 Å². The third kappa shape index (κ3) is 7.48. The zero-order chi connectivity index (χ0) is 19.5. The van der Waals surface area contributed by atoms with Gasteiger partial charge in [0.05, 0.1) is 26.4 Å². The second-order valence-electron chi connectivity index (χ2n) is 6.28. The number of aliphatic hydroxyl groups excluding tert-OH is 3. The van der Waals surface area contributed by atoms with Crippen LogP contribution < -0.4 is 4.90 Å². The van der Waals surface area contributed by atoms with Gasteiger partial charge in [0, 0.05) is 30.7 Å². The Hall–Kier alpha value is -2.25. The third-order valence-corrected chi connectivity index (χ3v) is 4.06. The molecule has 2 aromatic rings. The molecule has 6 nitrogen and oxygen atoms in total. The highest BCUT2D eigenvalue weighted by molar-refractivity contribution is 5.70. The molecule has 1 heterocycles. The van der Waals surface area contributed by atoms with E-state index >= 15 is 0 Å². The van der Waals surface area contributed by atoms with Gasteiger partial charge in [0.25, 0.3) is 0 Å². The molecule has 146 valence electrons. The highest BCUT2D eigenvalue weighted by Gasteiger charge is 2.07. The molecule has 0 fully saturated rings. The maximum Gasteiger partial charge on any atom is 0.100 e. The van der Waals surface area contributed by atoms with Gasteiger partial charge in [-0.1, -0.05) is 30.4 Å². The van der Waals surface area contributed by atoms with Crippen molar-refractivity contribution in [1.29, 1.82) is 0 Å². The summed E-state index contributed by atoms with van der Waals surface area (Å²) in [5.74, 6) is 0. The van der Waals surface area contributed by atoms with Crippen LogP contribution in [0.25, 0.3) is 12.2 Å². The van der Waals surface area contributed by atoms with Crippen LogP contribution >= 0.6 is 0 Å². The first kappa shape index (κ1) is 21.1. The van der Waals surface area contributed by atoms with Gasteiger partial charge in [-0.3, -0.25) is 4.98 Å². The van der Waals surface area contributed by atoms with Crippen molar-refractivity contribution < 1.29 is 20.1 Å². The number of aryl methyl sites for hydroxylation is 1. The summed E-state index contributed by atoms with van der Waals surface area (Å²) in [6.07, 6.45) is 5.04. The average molecular weight is 372 g/mol. The monoisotopic (exact) mass is 372 g/mol. The Morgan fingerprint density at radius 3 is 2.37 bits per heavy atom. The molecule has 0 saturated carbocycles. The second kappa shape index (κ2) is 11.5. The van der Waals surface area contributed by atoms with E-state index < -0.39 is 6.10 Å². The molecule has 0 bridgehead atoms. The summed E-state index contributed by atoms with van der Waals surface area (Å²) in [5, 5.41) is 27.4. The predicted octanol–water partition coefficient (Wildman–Crippen LogP) is 1.73. The smallest absolute Gasteiger partial charge is 0.100 e. The van der Waals surface area contributed by atoms with E-state index in [0.29, 0.717) is 19.7 Å². The Bertz CT molecular complexity index is 686. The van der Waals surface area contributed by atoms with E-state index in [1.165, 1.54) is 0 Å². The van der Waals surface area contributed by atoms with Crippen molar-refractivity contribution in [2.75, 3.05) is 44.4 Å². The van der Waals surface area contributed by atoms with Crippen LogP contribution in [0.5, 0.6) is 0 Å². The molecule has 6 heteroatoms. The van der Waals surface area contributed by atoms with Gasteiger partial charge in [-0.05, 0) is 36.2 Å². The van der Waals surface area contributed by atoms with Crippen LogP contribution in [0, 0.1) is 6.92 Å². The van der Waals surface area contributed by atoms with Crippen LogP contribution in [0.4, 0.5) is 5.69 Å². The van der Waals surface area contributed by atoms with Gasteiger partial charge in [-0.2, -0.15) is 0 Å². The Kier molecular flexibility index (Phi) is 8.94. The van der Waals surface area contributed by atoms with Crippen LogP contribution in [0.15, 0.2) is 42.6 Å². The quantitative estimate of drug-likeness (QED) is 0.521. The zero-order valence-corrected chi connectivity index (χ0v) is 15.7. The first-order chi connectivity index (χ1) is 13.1. The van der Waals surface area contributed by atoms with Gasteiger partial charge >= 0.3 is 0 Å². The minimum absolute atomic E-state index is 0.0430. The summed E-state index contributed by atoms with van der Waals surface area (Å²) in [5.41, 5.74) is 4.11. The van der Waals surface area contributed by atoms with Crippen LogP contribution in [0.1, 0.15) is 16.8 Å². The fourth-order valence-corrected chi connectivity index (χ4v) is 2.50. The van der Waals surface area contributed by atoms with E-state index in [1.807, 2.05) is 66.6 Å². The van der Waals surface area contributed by atoms with E-state index in [-0.39, 0.29) is 19.8 Å². The van der Waals surface area contributed by atoms with Gasteiger partial charge < -0.3 is 25.0 Å². The summed E-state index contributed by atoms with van der Waals surface area (Å²) >= 11 is 0. The molecule has 0 aliphatic rings. The fourth-order valence-electron chi connectivity index (χ4n) is 2.50. The Morgan fingerprint density at radius 2 is 1.74 bits per heavy atom. The molecular weight excluding hydrogens is 344 g/mol. The molecule has 1 aromatic carbocycles. The number of anilines is 1. The van der Waals surface area contributed by atoms with Crippen molar-refractivity contribution >= 4 is 17.8 Å². The van der Waals surface area contributed by atoms with E-state index in [4.69, 9.17) is 9.84 Å². The molecule has 27 heavy (non-hydrogen) atoms. The zero-order valence-electron chi connectivity index (χ0n) is 15.7. The van der Waals surface area contributed by atoms with Gasteiger partial charge in [-0.15, -0.1) is 0 Å². The Morgan fingerprint density at radius 1 is 1.04 bits per heavy atom. The number of hydrogen-bond acceptors (Lipinski definition) is 6.